The topological polar surface area (TPSA) is 97.3 Å². The molecule has 0 aromatic heterocycles. The van der Waals surface area contributed by atoms with E-state index in [0.717, 1.165) is 82.1 Å². The summed E-state index contributed by atoms with van der Waals surface area (Å²) in [5.74, 6) is 5.03. The molecular weight excluding hydrogens is 783 g/mol. The van der Waals surface area contributed by atoms with Crippen molar-refractivity contribution < 1.29 is 29.2 Å². The Labute approximate surface area is 372 Å². The fraction of sp³-hybridized carbons (Fsp3) is 0.339. The minimum Gasteiger partial charge on any atom is -0.508 e. The number of phenols is 1. The summed E-state index contributed by atoms with van der Waals surface area (Å²) in [6.07, 6.45) is 18.9. The smallest absolute Gasteiger partial charge is 0.161 e. The quantitative estimate of drug-likeness (QED) is 0.0850. The van der Waals surface area contributed by atoms with Crippen molar-refractivity contribution in [3.8, 4) is 29.3 Å². The van der Waals surface area contributed by atoms with Crippen molar-refractivity contribution in [1.82, 2.24) is 0 Å². The summed E-state index contributed by atoms with van der Waals surface area (Å²) in [7, 11) is 1.64. The molecule has 324 valence electrons. The largest absolute Gasteiger partial charge is 0.508 e. The minimum absolute atomic E-state index is 0.0385. The zero-order valence-electron chi connectivity index (χ0n) is 36.7. The third-order valence-corrected chi connectivity index (χ3v) is 12.9. The van der Waals surface area contributed by atoms with E-state index in [4.69, 9.17) is 14.2 Å². The van der Waals surface area contributed by atoms with Gasteiger partial charge >= 0.3 is 0 Å². The average molecular weight is 842 g/mol. The van der Waals surface area contributed by atoms with Gasteiger partial charge in [0.05, 0.1) is 13.0 Å². The van der Waals surface area contributed by atoms with Crippen LogP contribution in [0.1, 0.15) is 103 Å². The van der Waals surface area contributed by atoms with Crippen LogP contribution in [-0.2, 0) is 35.4 Å². The summed E-state index contributed by atoms with van der Waals surface area (Å²) in [5.41, 5.74) is 8.43. The van der Waals surface area contributed by atoms with Crippen LogP contribution in [0.5, 0.6) is 17.2 Å². The number of carbonyl (C=O) groups excluding carboxylic acids is 1. The summed E-state index contributed by atoms with van der Waals surface area (Å²) < 4.78 is 18.8. The number of methoxy groups -OCH3 is 1. The number of aryl methyl sites for hydroxylation is 2. The molecule has 2 aliphatic carbocycles. The molecule has 7 nitrogen and oxygen atoms in total. The number of anilines is 1. The number of unbranched alkanes of at least 4 members (excludes halogenated alkanes) is 1. The van der Waals surface area contributed by atoms with Gasteiger partial charge in [0.15, 0.2) is 11.5 Å². The Morgan fingerprint density at radius 2 is 1.75 bits per heavy atom. The third kappa shape index (κ3) is 10.5. The monoisotopic (exact) mass is 841 g/mol. The molecule has 2 heterocycles. The molecular formula is C56H59NO6. The first kappa shape index (κ1) is 43.3. The van der Waals surface area contributed by atoms with E-state index in [-0.39, 0.29) is 41.5 Å². The number of aromatic hydroxyl groups is 1. The molecule has 0 unspecified atom stereocenters. The molecule has 9 rings (SSSR count). The van der Waals surface area contributed by atoms with Crippen LogP contribution in [0.3, 0.4) is 0 Å². The second kappa shape index (κ2) is 20.2. The van der Waals surface area contributed by atoms with Gasteiger partial charge in [-0.15, -0.1) is 0 Å². The van der Waals surface area contributed by atoms with Gasteiger partial charge in [-0.2, -0.15) is 0 Å². The molecule has 2 aliphatic heterocycles. The lowest BCUT2D eigenvalue weighted by molar-refractivity contribution is -0.121. The second-order valence-electron chi connectivity index (χ2n) is 17.3. The van der Waals surface area contributed by atoms with E-state index < -0.39 is 12.0 Å². The van der Waals surface area contributed by atoms with Crippen LogP contribution in [0.4, 0.5) is 5.69 Å². The maximum atomic E-state index is 13.9. The zero-order valence-corrected chi connectivity index (χ0v) is 36.7. The van der Waals surface area contributed by atoms with Crippen molar-refractivity contribution in [2.75, 3.05) is 19.0 Å². The zero-order chi connectivity index (χ0) is 43.7. The standard InChI is InChI=1S/C56H59NO6/c1-4-57-45-16-10-14-39(30-45)13-8-9-15-41-20-23-46(58)32-44(41)33-48-34-47(59)22-18-40-19-26-53(61-3)54(31-40)63-36-43-21-25-50-55(42(27-28-62-48)29-38-11-6-5-7-12-38)52(60)35-51-37(2)17-24-49(43)56(50)51/h5-7,10-12,14,16-17,19-21,23-26,30-32,35,37,41-42,44,48,57-58,60H,4,8-9,13,15,18,22,29,33-34,36H2,1-3H3/t37-,41+,42+,44-,48-/m1/s1. The molecule has 6 bridgehead atoms. The van der Waals surface area contributed by atoms with Crippen molar-refractivity contribution in [2.24, 2.45) is 11.8 Å². The number of fused-ring (bicyclic) bond motifs is 9. The highest BCUT2D eigenvalue weighted by molar-refractivity contribution is 6.00. The van der Waals surface area contributed by atoms with Crippen molar-refractivity contribution in [3.05, 3.63) is 160 Å². The van der Waals surface area contributed by atoms with Crippen LogP contribution in [0.2, 0.25) is 0 Å². The molecule has 5 aromatic rings. The van der Waals surface area contributed by atoms with Gasteiger partial charge in [-0.25, -0.2) is 0 Å². The van der Waals surface area contributed by atoms with E-state index >= 15 is 0 Å². The predicted molar refractivity (Wildman–Crippen MR) is 253 cm³/mol. The van der Waals surface area contributed by atoms with E-state index in [0.29, 0.717) is 43.8 Å². The Hall–Kier alpha value is -6.39. The van der Waals surface area contributed by atoms with Gasteiger partial charge in [0.1, 0.15) is 36.1 Å². The molecule has 0 saturated carbocycles. The first-order chi connectivity index (χ1) is 30.8. The number of aliphatic hydroxyl groups excluding tert-OH is 1. The first-order valence-corrected chi connectivity index (χ1v) is 22.7. The lowest BCUT2D eigenvalue weighted by Crippen LogP contribution is -2.24. The van der Waals surface area contributed by atoms with Crippen LogP contribution in [0.15, 0.2) is 121 Å². The number of nitrogens with one attached hydrogen (secondary N) is 1. The molecule has 63 heavy (non-hydrogen) atoms. The number of benzene rings is 5. The Kier molecular flexibility index (Phi) is 13.9. The second-order valence-corrected chi connectivity index (χ2v) is 17.3. The van der Waals surface area contributed by atoms with Crippen LogP contribution >= 0.6 is 0 Å². The lowest BCUT2D eigenvalue weighted by Gasteiger charge is -2.28. The fourth-order valence-electron chi connectivity index (χ4n) is 9.61. The normalized spacial score (nSPS) is 20.7. The van der Waals surface area contributed by atoms with Crippen molar-refractivity contribution in [1.29, 1.82) is 0 Å². The predicted octanol–water partition coefficient (Wildman–Crippen LogP) is 12.3. The highest BCUT2D eigenvalue weighted by Gasteiger charge is 2.29. The molecule has 5 atom stereocenters. The number of hydrogen-bond donors (Lipinski definition) is 3. The van der Waals surface area contributed by atoms with Gasteiger partial charge in [-0.3, -0.25) is 4.79 Å². The lowest BCUT2D eigenvalue weighted by atomic mass is 9.80. The summed E-state index contributed by atoms with van der Waals surface area (Å²) in [4.78, 5) is 13.9. The summed E-state index contributed by atoms with van der Waals surface area (Å²) in [6.45, 7) is 5.46. The minimum atomic E-state index is -0.519. The van der Waals surface area contributed by atoms with Gasteiger partial charge in [0.2, 0.25) is 0 Å². The summed E-state index contributed by atoms with van der Waals surface area (Å²) in [5, 5.41) is 28.2. The number of hydrogen-bond acceptors (Lipinski definition) is 7. The Morgan fingerprint density at radius 3 is 2.59 bits per heavy atom. The van der Waals surface area contributed by atoms with Crippen molar-refractivity contribution in [2.45, 2.75) is 96.2 Å². The van der Waals surface area contributed by atoms with Gasteiger partial charge in [-0.05, 0) is 144 Å². The molecule has 5 aromatic carbocycles. The Balaban J connectivity index is 1.13. The molecule has 7 heteroatoms. The van der Waals surface area contributed by atoms with Gasteiger partial charge in [-0.1, -0.05) is 98.2 Å². The Bertz CT molecular complexity index is 2580. The molecule has 4 aliphatic rings. The molecule has 0 radical (unpaired) electrons. The SMILES string of the molecule is CCNc1cccc(CCCC[C@H]2C=CC(O)=C[C@@H]2C[C@@H]2CC(=O)CCc3ccc(OC)c(c3)OCc3ccc4c(c(O)cc5c4c3C=C[C@H]5C)[C@H](Cc3ccccc3)C#CO2)c1. The van der Waals surface area contributed by atoms with E-state index in [1.807, 2.05) is 48.5 Å². The van der Waals surface area contributed by atoms with Crippen molar-refractivity contribution >= 4 is 28.3 Å². The number of ketones is 1. The number of allylic oxidation sites excluding steroid dienone is 4. The molecule has 0 amide bonds. The summed E-state index contributed by atoms with van der Waals surface area (Å²) >= 11 is 0. The van der Waals surface area contributed by atoms with Gasteiger partial charge < -0.3 is 29.7 Å². The fourth-order valence-corrected chi connectivity index (χ4v) is 9.61. The molecule has 0 spiro atoms. The van der Waals surface area contributed by atoms with E-state index in [1.54, 1.807) is 13.2 Å². The third-order valence-electron chi connectivity index (χ3n) is 12.9. The van der Waals surface area contributed by atoms with Crippen LogP contribution in [0.25, 0.3) is 16.8 Å². The number of aliphatic hydroxyl groups is 1. The molecule has 0 fully saturated rings. The van der Waals surface area contributed by atoms with Gasteiger partial charge in [0.25, 0.3) is 0 Å². The number of rotatable bonds is 12. The van der Waals surface area contributed by atoms with Crippen molar-refractivity contribution in [3.63, 3.8) is 0 Å². The average Bonchev–Trinajstić information content (AvgIpc) is 3.28. The maximum absolute atomic E-state index is 13.9. The highest BCUT2D eigenvalue weighted by Crippen LogP contribution is 2.45. The number of Topliss-reactive ketones (excluding diaryl/α,β-unsaturated/α-hetero) is 1. The van der Waals surface area contributed by atoms with Crippen LogP contribution in [-0.4, -0.2) is 35.8 Å². The maximum Gasteiger partial charge on any atom is 0.161 e. The molecule has 3 N–H and O–H groups in total. The van der Waals surface area contributed by atoms with E-state index in [2.05, 4.69) is 98.0 Å². The molecule has 0 saturated heterocycles. The number of phenolic OH excluding ortho intramolecular Hbond substituents is 1. The van der Waals surface area contributed by atoms with Crippen LogP contribution in [0, 0.1) is 23.9 Å². The van der Waals surface area contributed by atoms with E-state index in [1.165, 1.54) is 5.56 Å². The first-order valence-electron chi connectivity index (χ1n) is 22.7. The van der Waals surface area contributed by atoms with E-state index in [9.17, 15) is 15.0 Å². The summed E-state index contributed by atoms with van der Waals surface area (Å²) in [6, 6.07) is 30.8. The highest BCUT2D eigenvalue weighted by atomic mass is 16.5. The number of carbonyl (C=O) groups is 1. The van der Waals surface area contributed by atoms with Crippen LogP contribution < -0.4 is 14.8 Å². The van der Waals surface area contributed by atoms with Gasteiger partial charge in [0, 0.05) is 36.6 Å². The number of ether oxygens (including phenoxy) is 3. The Morgan fingerprint density at radius 1 is 0.889 bits per heavy atom.